The number of hydrogen-bond donors (Lipinski definition) is 0. The van der Waals surface area contributed by atoms with E-state index in [1.54, 1.807) is 11.3 Å². The van der Waals surface area contributed by atoms with E-state index in [-0.39, 0.29) is 5.91 Å². The normalized spacial score (nSPS) is 24.8. The van der Waals surface area contributed by atoms with E-state index in [9.17, 15) is 9.59 Å². The zero-order valence-electron chi connectivity index (χ0n) is 15.1. The first kappa shape index (κ1) is 17.1. The predicted molar refractivity (Wildman–Crippen MR) is 99.8 cm³/mol. The Morgan fingerprint density at radius 2 is 1.92 bits per heavy atom. The first-order chi connectivity index (χ1) is 12.1. The van der Waals surface area contributed by atoms with Crippen LogP contribution in [-0.4, -0.2) is 47.8 Å². The lowest BCUT2D eigenvalue weighted by Gasteiger charge is -2.43. The van der Waals surface area contributed by atoms with Gasteiger partial charge in [-0.15, -0.1) is 11.3 Å². The van der Waals surface area contributed by atoms with Gasteiger partial charge in [0.05, 0.1) is 4.88 Å². The molecule has 0 N–H and O–H groups in total. The maximum absolute atomic E-state index is 12.8. The van der Waals surface area contributed by atoms with Crippen LogP contribution in [0.5, 0.6) is 0 Å². The molecule has 2 amide bonds. The van der Waals surface area contributed by atoms with Crippen molar-refractivity contribution in [2.24, 2.45) is 11.3 Å². The first-order valence-electron chi connectivity index (χ1n) is 9.71. The fraction of sp³-hybridized carbons (Fsp3) is 0.700. The summed E-state index contributed by atoms with van der Waals surface area (Å²) in [4.78, 5) is 31.4. The topological polar surface area (TPSA) is 40.6 Å². The second-order valence-corrected chi connectivity index (χ2v) is 9.42. The van der Waals surface area contributed by atoms with Crippen molar-refractivity contribution in [1.29, 1.82) is 0 Å². The van der Waals surface area contributed by atoms with Gasteiger partial charge in [0, 0.05) is 37.5 Å². The van der Waals surface area contributed by atoms with Crippen LogP contribution in [0, 0.1) is 18.3 Å². The molecular formula is C20H28N2O2S. The molecule has 0 bridgehead atoms. The number of carbonyl (C=O) groups is 2. The number of rotatable bonds is 4. The standard InChI is InChI=1S/C20H28N2O2S/c1-15-5-7-17(25-15)19(24)22-13-16(20(14-22)9-4-10-20)6-8-18(23)21-11-2-3-12-21/h5,7,16H,2-4,6,8-14H2,1H3. The zero-order chi connectivity index (χ0) is 17.4. The molecule has 1 aromatic rings. The molecule has 2 aliphatic heterocycles. The van der Waals surface area contributed by atoms with Gasteiger partial charge in [0.1, 0.15) is 0 Å². The molecule has 0 radical (unpaired) electrons. The zero-order valence-corrected chi connectivity index (χ0v) is 15.9. The van der Waals surface area contributed by atoms with Crippen molar-refractivity contribution in [2.75, 3.05) is 26.2 Å². The van der Waals surface area contributed by atoms with Gasteiger partial charge >= 0.3 is 0 Å². The SMILES string of the molecule is Cc1ccc(C(=O)N2CC(CCC(=O)N3CCCC3)C3(CCC3)C2)s1. The van der Waals surface area contributed by atoms with Gasteiger partial charge in [-0.2, -0.15) is 0 Å². The third-order valence-electron chi connectivity index (χ3n) is 6.57. The molecule has 1 saturated carbocycles. The van der Waals surface area contributed by atoms with E-state index in [1.807, 2.05) is 24.0 Å². The van der Waals surface area contributed by atoms with E-state index in [2.05, 4.69) is 4.90 Å². The Bertz CT molecular complexity index is 658. The van der Waals surface area contributed by atoms with Crippen molar-refractivity contribution >= 4 is 23.2 Å². The molecule has 1 aliphatic carbocycles. The molecule has 1 spiro atoms. The highest BCUT2D eigenvalue weighted by molar-refractivity contribution is 7.13. The average Bonchev–Trinajstić information content (AvgIpc) is 3.29. The monoisotopic (exact) mass is 360 g/mol. The lowest BCUT2D eigenvalue weighted by atomic mass is 9.62. The highest BCUT2D eigenvalue weighted by atomic mass is 32.1. The molecule has 1 atom stereocenters. The van der Waals surface area contributed by atoms with Gasteiger partial charge in [-0.3, -0.25) is 9.59 Å². The second kappa shape index (κ2) is 6.75. The molecule has 2 saturated heterocycles. The number of nitrogens with zero attached hydrogens (tertiary/aromatic N) is 2. The lowest BCUT2D eigenvalue weighted by Crippen LogP contribution is -2.39. The lowest BCUT2D eigenvalue weighted by molar-refractivity contribution is -0.130. The molecule has 3 aliphatic rings. The van der Waals surface area contributed by atoms with Crippen LogP contribution in [0.1, 0.15) is 59.5 Å². The van der Waals surface area contributed by atoms with Gasteiger partial charge in [-0.25, -0.2) is 0 Å². The summed E-state index contributed by atoms with van der Waals surface area (Å²) in [6.45, 7) is 5.66. The van der Waals surface area contributed by atoms with Crippen LogP contribution in [0.3, 0.4) is 0 Å². The smallest absolute Gasteiger partial charge is 0.263 e. The maximum atomic E-state index is 12.8. The Morgan fingerprint density at radius 1 is 1.16 bits per heavy atom. The van der Waals surface area contributed by atoms with Crippen molar-refractivity contribution in [3.63, 3.8) is 0 Å². The molecule has 3 heterocycles. The minimum absolute atomic E-state index is 0.192. The second-order valence-electron chi connectivity index (χ2n) is 8.14. The summed E-state index contributed by atoms with van der Waals surface area (Å²) in [5.74, 6) is 1.01. The molecule has 25 heavy (non-hydrogen) atoms. The summed E-state index contributed by atoms with van der Waals surface area (Å²) in [5.41, 5.74) is 0.299. The molecule has 3 fully saturated rings. The number of hydrogen-bond acceptors (Lipinski definition) is 3. The Kier molecular flexibility index (Phi) is 4.61. The number of aryl methyl sites for hydroxylation is 1. The minimum Gasteiger partial charge on any atom is -0.343 e. The summed E-state index contributed by atoms with van der Waals surface area (Å²) < 4.78 is 0. The summed E-state index contributed by atoms with van der Waals surface area (Å²) >= 11 is 1.59. The predicted octanol–water partition coefficient (Wildman–Crippen LogP) is 3.70. The Hall–Kier alpha value is -1.36. The maximum Gasteiger partial charge on any atom is 0.263 e. The summed E-state index contributed by atoms with van der Waals surface area (Å²) in [6, 6.07) is 3.99. The van der Waals surface area contributed by atoms with Crippen molar-refractivity contribution in [3.8, 4) is 0 Å². The molecule has 4 nitrogen and oxygen atoms in total. The van der Waals surface area contributed by atoms with Gasteiger partial charge in [0.25, 0.3) is 5.91 Å². The fourth-order valence-corrected chi connectivity index (χ4v) is 5.75. The van der Waals surface area contributed by atoms with Gasteiger partial charge in [-0.05, 0) is 62.5 Å². The van der Waals surface area contributed by atoms with Crippen molar-refractivity contribution in [3.05, 3.63) is 21.9 Å². The molecule has 4 rings (SSSR count). The number of thiophene rings is 1. The van der Waals surface area contributed by atoms with Gasteiger partial charge < -0.3 is 9.80 Å². The number of amides is 2. The van der Waals surface area contributed by atoms with Gasteiger partial charge in [-0.1, -0.05) is 6.42 Å². The van der Waals surface area contributed by atoms with Crippen LogP contribution in [0.4, 0.5) is 0 Å². The number of likely N-dealkylation sites (tertiary alicyclic amines) is 2. The van der Waals surface area contributed by atoms with Crippen LogP contribution in [0.15, 0.2) is 12.1 Å². The van der Waals surface area contributed by atoms with Crippen LogP contribution in [0.25, 0.3) is 0 Å². The largest absolute Gasteiger partial charge is 0.343 e. The van der Waals surface area contributed by atoms with Gasteiger partial charge in [0.2, 0.25) is 5.91 Å². The molecule has 5 heteroatoms. The summed E-state index contributed by atoms with van der Waals surface area (Å²) in [7, 11) is 0. The Morgan fingerprint density at radius 3 is 2.52 bits per heavy atom. The van der Waals surface area contributed by atoms with E-state index in [0.717, 1.165) is 50.3 Å². The Labute approximate surface area is 154 Å². The average molecular weight is 361 g/mol. The fourth-order valence-electron chi connectivity index (χ4n) is 4.91. The molecular weight excluding hydrogens is 332 g/mol. The van der Waals surface area contributed by atoms with Crippen molar-refractivity contribution < 1.29 is 9.59 Å². The minimum atomic E-state index is 0.192. The van der Waals surface area contributed by atoms with E-state index in [1.165, 1.54) is 24.1 Å². The van der Waals surface area contributed by atoms with Gasteiger partial charge in [0.15, 0.2) is 0 Å². The molecule has 1 unspecified atom stereocenters. The van der Waals surface area contributed by atoms with E-state index in [0.29, 0.717) is 23.7 Å². The van der Waals surface area contributed by atoms with E-state index in [4.69, 9.17) is 0 Å². The first-order valence-corrected chi connectivity index (χ1v) is 10.5. The van der Waals surface area contributed by atoms with Crippen LogP contribution in [-0.2, 0) is 4.79 Å². The highest BCUT2D eigenvalue weighted by Crippen LogP contribution is 2.53. The van der Waals surface area contributed by atoms with E-state index >= 15 is 0 Å². The van der Waals surface area contributed by atoms with Crippen LogP contribution in [0.2, 0.25) is 0 Å². The van der Waals surface area contributed by atoms with Crippen molar-refractivity contribution in [1.82, 2.24) is 9.80 Å². The van der Waals surface area contributed by atoms with Crippen LogP contribution >= 0.6 is 11.3 Å². The summed E-state index contributed by atoms with van der Waals surface area (Å²) in [5, 5.41) is 0. The molecule has 0 aromatic carbocycles. The third kappa shape index (κ3) is 3.23. The Balaban J connectivity index is 1.39. The van der Waals surface area contributed by atoms with E-state index < -0.39 is 0 Å². The number of carbonyl (C=O) groups excluding carboxylic acids is 2. The van der Waals surface area contributed by atoms with Crippen molar-refractivity contribution in [2.45, 2.75) is 51.9 Å². The summed E-state index contributed by atoms with van der Waals surface area (Å²) in [6.07, 6.45) is 7.64. The third-order valence-corrected chi connectivity index (χ3v) is 7.55. The quantitative estimate of drug-likeness (QED) is 0.821. The van der Waals surface area contributed by atoms with Crippen LogP contribution < -0.4 is 0 Å². The molecule has 1 aromatic heterocycles. The molecule has 136 valence electrons. The highest BCUT2D eigenvalue weighted by Gasteiger charge is 2.51.